The van der Waals surface area contributed by atoms with E-state index in [2.05, 4.69) is 15.3 Å². The zero-order chi connectivity index (χ0) is 13.6. The van der Waals surface area contributed by atoms with Gasteiger partial charge in [-0.1, -0.05) is 12.1 Å². The quantitative estimate of drug-likeness (QED) is 0.784. The van der Waals surface area contributed by atoms with Crippen LogP contribution in [0.5, 0.6) is 0 Å². The summed E-state index contributed by atoms with van der Waals surface area (Å²) in [5.74, 6) is -0.288. The topological polar surface area (TPSA) is 72.0 Å². The van der Waals surface area contributed by atoms with Gasteiger partial charge in [-0.15, -0.1) is 0 Å². The number of aromatic nitrogens is 2. The summed E-state index contributed by atoms with van der Waals surface area (Å²) < 4.78 is 0. The van der Waals surface area contributed by atoms with Crippen molar-refractivity contribution in [3.63, 3.8) is 0 Å². The molecule has 5 heteroatoms. The van der Waals surface area contributed by atoms with Gasteiger partial charge in [0.25, 0.3) is 11.8 Å². The molecule has 1 aliphatic heterocycles. The first kappa shape index (κ1) is 11.5. The molecule has 0 atom stereocenters. The lowest BCUT2D eigenvalue weighted by Gasteiger charge is -2.06. The smallest absolute Gasteiger partial charge is 0.259 e. The summed E-state index contributed by atoms with van der Waals surface area (Å²) in [6.07, 6.45) is 0. The summed E-state index contributed by atoms with van der Waals surface area (Å²) in [5.41, 5.74) is 2.98. The first-order chi connectivity index (χ1) is 9.06. The van der Waals surface area contributed by atoms with Crippen LogP contribution in [0.1, 0.15) is 32.1 Å². The molecule has 94 valence electrons. The number of fused-ring (bicyclic) bond motifs is 1. The second-order valence-electron chi connectivity index (χ2n) is 4.49. The molecule has 3 rings (SSSR count). The maximum absolute atomic E-state index is 11.9. The van der Waals surface area contributed by atoms with E-state index in [0.29, 0.717) is 22.5 Å². The molecule has 19 heavy (non-hydrogen) atoms. The van der Waals surface area contributed by atoms with E-state index < -0.39 is 5.91 Å². The van der Waals surface area contributed by atoms with E-state index in [9.17, 15) is 9.59 Å². The van der Waals surface area contributed by atoms with Gasteiger partial charge in [-0.3, -0.25) is 14.9 Å². The second-order valence-corrected chi connectivity index (χ2v) is 4.49. The SMILES string of the molecule is Cc1cc(C)nc(-c2cccc3c2C(=O)NC3=O)n1. The highest BCUT2D eigenvalue weighted by atomic mass is 16.2. The predicted molar refractivity (Wildman–Crippen MR) is 68.7 cm³/mol. The number of carbonyl (C=O) groups excluding carboxylic acids is 2. The minimum atomic E-state index is -0.390. The Labute approximate surface area is 109 Å². The third-order valence-corrected chi connectivity index (χ3v) is 2.99. The molecule has 5 nitrogen and oxygen atoms in total. The fourth-order valence-electron chi connectivity index (χ4n) is 2.25. The average Bonchev–Trinajstić information content (AvgIpc) is 2.64. The Kier molecular flexibility index (Phi) is 2.41. The Bertz CT molecular complexity index is 702. The highest BCUT2D eigenvalue weighted by Gasteiger charge is 2.30. The maximum atomic E-state index is 11.9. The third-order valence-electron chi connectivity index (χ3n) is 2.99. The molecule has 2 amide bonds. The molecular weight excluding hydrogens is 242 g/mol. The molecule has 1 aromatic carbocycles. The van der Waals surface area contributed by atoms with Crippen molar-refractivity contribution in [2.24, 2.45) is 0 Å². The van der Waals surface area contributed by atoms with Crippen molar-refractivity contribution >= 4 is 11.8 Å². The van der Waals surface area contributed by atoms with Crippen LogP contribution in [0.2, 0.25) is 0 Å². The Morgan fingerprint density at radius 3 is 2.26 bits per heavy atom. The average molecular weight is 253 g/mol. The van der Waals surface area contributed by atoms with Crippen LogP contribution < -0.4 is 5.32 Å². The molecule has 0 fully saturated rings. The lowest BCUT2D eigenvalue weighted by Crippen LogP contribution is -2.20. The fraction of sp³-hybridized carbons (Fsp3) is 0.143. The van der Waals surface area contributed by atoms with Gasteiger partial charge in [0.05, 0.1) is 11.1 Å². The summed E-state index contributed by atoms with van der Waals surface area (Å²) in [7, 11) is 0. The van der Waals surface area contributed by atoms with Crippen molar-refractivity contribution in [3.8, 4) is 11.4 Å². The van der Waals surface area contributed by atoms with Crippen LogP contribution in [0, 0.1) is 13.8 Å². The molecular formula is C14H11N3O2. The van der Waals surface area contributed by atoms with Gasteiger partial charge in [-0.2, -0.15) is 0 Å². The zero-order valence-electron chi connectivity index (χ0n) is 10.5. The Morgan fingerprint density at radius 1 is 0.947 bits per heavy atom. The number of benzene rings is 1. The molecule has 1 aromatic heterocycles. The molecule has 0 radical (unpaired) electrons. The van der Waals surface area contributed by atoms with E-state index >= 15 is 0 Å². The van der Waals surface area contributed by atoms with Gasteiger partial charge in [-0.05, 0) is 26.0 Å². The highest BCUT2D eigenvalue weighted by molar-refractivity contribution is 6.23. The molecule has 0 spiro atoms. The number of imide groups is 1. The number of hydrogen-bond donors (Lipinski definition) is 1. The number of rotatable bonds is 1. The summed E-state index contributed by atoms with van der Waals surface area (Å²) in [6.45, 7) is 3.74. The van der Waals surface area contributed by atoms with Crippen LogP contribution in [-0.4, -0.2) is 21.8 Å². The van der Waals surface area contributed by atoms with Gasteiger partial charge in [0.1, 0.15) is 0 Å². The minimum absolute atomic E-state index is 0.359. The van der Waals surface area contributed by atoms with E-state index in [0.717, 1.165) is 11.4 Å². The normalized spacial score (nSPS) is 13.4. The van der Waals surface area contributed by atoms with Gasteiger partial charge in [0.15, 0.2) is 5.82 Å². The zero-order valence-corrected chi connectivity index (χ0v) is 10.5. The van der Waals surface area contributed by atoms with Gasteiger partial charge < -0.3 is 0 Å². The molecule has 2 heterocycles. The van der Waals surface area contributed by atoms with Crippen molar-refractivity contribution in [2.45, 2.75) is 13.8 Å². The first-order valence-corrected chi connectivity index (χ1v) is 5.87. The second kappa shape index (κ2) is 3.98. The van der Waals surface area contributed by atoms with E-state index in [1.165, 1.54) is 0 Å². The minimum Gasteiger partial charge on any atom is -0.288 e. The maximum Gasteiger partial charge on any atom is 0.259 e. The van der Waals surface area contributed by atoms with Crippen molar-refractivity contribution in [2.75, 3.05) is 0 Å². The summed E-state index contributed by atoms with van der Waals surface area (Å²) in [4.78, 5) is 32.2. The third kappa shape index (κ3) is 1.79. The van der Waals surface area contributed by atoms with Crippen LogP contribution in [0.15, 0.2) is 24.3 Å². The van der Waals surface area contributed by atoms with E-state index in [-0.39, 0.29) is 5.91 Å². The Morgan fingerprint density at radius 2 is 1.58 bits per heavy atom. The van der Waals surface area contributed by atoms with Gasteiger partial charge in [-0.25, -0.2) is 9.97 Å². The molecule has 0 saturated heterocycles. The highest BCUT2D eigenvalue weighted by Crippen LogP contribution is 2.27. The van der Waals surface area contributed by atoms with Gasteiger partial charge in [0.2, 0.25) is 0 Å². The molecule has 1 aliphatic rings. The number of amides is 2. The molecule has 0 saturated carbocycles. The van der Waals surface area contributed by atoms with Crippen LogP contribution in [-0.2, 0) is 0 Å². The Balaban J connectivity index is 2.27. The lowest BCUT2D eigenvalue weighted by atomic mass is 10.0. The van der Waals surface area contributed by atoms with Gasteiger partial charge in [0, 0.05) is 17.0 Å². The molecule has 0 aliphatic carbocycles. The van der Waals surface area contributed by atoms with Crippen molar-refractivity contribution < 1.29 is 9.59 Å². The molecule has 0 unspecified atom stereocenters. The van der Waals surface area contributed by atoms with Crippen LogP contribution in [0.25, 0.3) is 11.4 Å². The summed E-state index contributed by atoms with van der Waals surface area (Å²) in [5, 5.41) is 2.29. The van der Waals surface area contributed by atoms with Crippen molar-refractivity contribution in [1.82, 2.24) is 15.3 Å². The molecule has 2 aromatic rings. The van der Waals surface area contributed by atoms with Crippen molar-refractivity contribution in [3.05, 3.63) is 46.8 Å². The van der Waals surface area contributed by atoms with Gasteiger partial charge >= 0.3 is 0 Å². The lowest BCUT2D eigenvalue weighted by molar-refractivity contribution is 0.0880. The number of nitrogens with zero attached hydrogens (tertiary/aromatic N) is 2. The van der Waals surface area contributed by atoms with E-state index in [4.69, 9.17) is 0 Å². The summed E-state index contributed by atoms with van der Waals surface area (Å²) >= 11 is 0. The molecule has 0 bridgehead atoms. The first-order valence-electron chi connectivity index (χ1n) is 5.87. The number of hydrogen-bond acceptors (Lipinski definition) is 4. The fourth-order valence-corrected chi connectivity index (χ4v) is 2.25. The van der Waals surface area contributed by atoms with E-state index in [1.54, 1.807) is 18.2 Å². The van der Waals surface area contributed by atoms with Crippen molar-refractivity contribution in [1.29, 1.82) is 0 Å². The van der Waals surface area contributed by atoms with E-state index in [1.807, 2.05) is 19.9 Å². The standard InChI is InChI=1S/C14H11N3O2/c1-7-6-8(2)16-12(15-7)9-4-3-5-10-11(9)14(19)17-13(10)18/h3-6H,1-2H3,(H,17,18,19). The number of carbonyl (C=O) groups is 2. The monoisotopic (exact) mass is 253 g/mol. The van der Waals surface area contributed by atoms with Crippen LogP contribution >= 0.6 is 0 Å². The largest absolute Gasteiger partial charge is 0.288 e. The molecule has 1 N–H and O–H groups in total. The van der Waals surface area contributed by atoms with Crippen LogP contribution in [0.3, 0.4) is 0 Å². The Hall–Kier alpha value is -2.56. The predicted octanol–water partition coefficient (Wildman–Crippen LogP) is 1.64. The summed E-state index contributed by atoms with van der Waals surface area (Å²) in [6, 6.07) is 6.97. The number of nitrogens with one attached hydrogen (secondary N) is 1. The van der Waals surface area contributed by atoms with Crippen LogP contribution in [0.4, 0.5) is 0 Å². The number of aryl methyl sites for hydroxylation is 2.